The predicted molar refractivity (Wildman–Crippen MR) is 77.6 cm³/mol. The third kappa shape index (κ3) is 3.34. The third-order valence-corrected chi connectivity index (χ3v) is 4.63. The van der Waals surface area contributed by atoms with E-state index in [9.17, 15) is 0 Å². The van der Waals surface area contributed by atoms with Gasteiger partial charge >= 0.3 is 0 Å². The summed E-state index contributed by atoms with van der Waals surface area (Å²) in [5.41, 5.74) is 0.898. The number of nitrogens with one attached hydrogen (secondary N) is 1. The summed E-state index contributed by atoms with van der Waals surface area (Å²) in [6.45, 7) is 9.52. The first-order valence-electron chi connectivity index (χ1n) is 7.13. The molecule has 0 spiro atoms. The van der Waals surface area contributed by atoms with Crippen LogP contribution in [0.2, 0.25) is 0 Å². The highest BCUT2D eigenvalue weighted by atomic mass is 32.1. The second-order valence-corrected chi connectivity index (χ2v) is 5.75. The quantitative estimate of drug-likeness (QED) is 0.872. The number of ether oxygens (including phenoxy) is 2. The van der Waals surface area contributed by atoms with E-state index in [1.165, 1.54) is 0 Å². The molecule has 2 heterocycles. The van der Waals surface area contributed by atoms with Gasteiger partial charge in [0.2, 0.25) is 0 Å². The maximum Gasteiger partial charge on any atom is 0.125 e. The van der Waals surface area contributed by atoms with Crippen molar-refractivity contribution in [1.29, 1.82) is 0 Å². The van der Waals surface area contributed by atoms with Crippen molar-refractivity contribution >= 4 is 11.3 Å². The minimum absolute atomic E-state index is 0.220. The molecule has 1 aliphatic rings. The maximum absolute atomic E-state index is 6.06. The van der Waals surface area contributed by atoms with Crippen LogP contribution in [0.3, 0.4) is 0 Å². The van der Waals surface area contributed by atoms with Gasteiger partial charge in [-0.05, 0) is 20.4 Å². The van der Waals surface area contributed by atoms with Crippen LogP contribution in [-0.4, -0.2) is 31.3 Å². The van der Waals surface area contributed by atoms with Crippen molar-refractivity contribution in [2.75, 3.05) is 26.4 Å². The van der Waals surface area contributed by atoms with Gasteiger partial charge < -0.3 is 14.8 Å². The fourth-order valence-corrected chi connectivity index (χ4v) is 3.63. The van der Waals surface area contributed by atoms with E-state index in [4.69, 9.17) is 14.5 Å². The summed E-state index contributed by atoms with van der Waals surface area (Å²) in [5.74, 6) is 0. The van der Waals surface area contributed by atoms with Crippen LogP contribution in [0.1, 0.15) is 50.4 Å². The number of hydrogen-bond donors (Lipinski definition) is 1. The van der Waals surface area contributed by atoms with Gasteiger partial charge in [-0.25, -0.2) is 4.98 Å². The lowest BCUT2D eigenvalue weighted by molar-refractivity contribution is -0.112. The van der Waals surface area contributed by atoms with Crippen molar-refractivity contribution < 1.29 is 9.47 Å². The standard InChI is InChI=1S/C14H24N2O2S/c1-4-15-11(3)12-10-19-13(16-12)14(18-5-2)6-8-17-9-7-14/h10-11,15H,4-9H2,1-3H3. The van der Waals surface area contributed by atoms with Gasteiger partial charge in [-0.15, -0.1) is 11.3 Å². The molecule has 19 heavy (non-hydrogen) atoms. The van der Waals surface area contributed by atoms with Crippen molar-refractivity contribution in [1.82, 2.24) is 10.3 Å². The van der Waals surface area contributed by atoms with Gasteiger partial charge in [0.05, 0.1) is 5.69 Å². The Hall–Kier alpha value is -0.490. The Kier molecular flexibility index (Phi) is 5.33. The SMILES string of the molecule is CCNC(C)c1csc(C2(OCC)CCOCC2)n1. The zero-order valence-electron chi connectivity index (χ0n) is 12.1. The molecule has 4 nitrogen and oxygen atoms in total. The lowest BCUT2D eigenvalue weighted by atomic mass is 9.94. The van der Waals surface area contributed by atoms with Crippen molar-refractivity contribution in [2.45, 2.75) is 45.3 Å². The van der Waals surface area contributed by atoms with Gasteiger partial charge in [-0.1, -0.05) is 6.92 Å². The van der Waals surface area contributed by atoms with Crippen LogP contribution in [-0.2, 0) is 15.1 Å². The van der Waals surface area contributed by atoms with E-state index in [-0.39, 0.29) is 5.60 Å². The molecule has 0 radical (unpaired) electrons. The first kappa shape index (κ1) is 14.9. The van der Waals surface area contributed by atoms with Gasteiger partial charge in [0, 0.05) is 44.1 Å². The molecule has 1 N–H and O–H groups in total. The molecule has 1 unspecified atom stereocenters. The zero-order valence-corrected chi connectivity index (χ0v) is 12.9. The third-order valence-electron chi connectivity index (χ3n) is 3.59. The fraction of sp³-hybridized carbons (Fsp3) is 0.786. The highest BCUT2D eigenvalue weighted by Crippen LogP contribution is 2.38. The molecular weight excluding hydrogens is 260 g/mol. The molecule has 108 valence electrons. The highest BCUT2D eigenvalue weighted by Gasteiger charge is 2.38. The van der Waals surface area contributed by atoms with E-state index in [1.54, 1.807) is 11.3 Å². The van der Waals surface area contributed by atoms with Crippen LogP contribution in [0.25, 0.3) is 0 Å². The molecule has 0 amide bonds. The first-order valence-corrected chi connectivity index (χ1v) is 8.01. The summed E-state index contributed by atoms with van der Waals surface area (Å²) in [4.78, 5) is 4.82. The van der Waals surface area contributed by atoms with E-state index in [0.717, 1.165) is 49.9 Å². The Labute approximate surface area is 119 Å². The molecular formula is C14H24N2O2S. The second-order valence-electron chi connectivity index (χ2n) is 4.90. The number of thiazole rings is 1. The monoisotopic (exact) mass is 284 g/mol. The van der Waals surface area contributed by atoms with E-state index in [0.29, 0.717) is 6.04 Å². The summed E-state index contributed by atoms with van der Waals surface area (Å²) in [6.07, 6.45) is 1.81. The normalized spacial score (nSPS) is 20.4. The lowest BCUT2D eigenvalue weighted by Crippen LogP contribution is -2.36. The van der Waals surface area contributed by atoms with E-state index >= 15 is 0 Å². The minimum Gasteiger partial charge on any atom is -0.381 e. The number of hydrogen-bond acceptors (Lipinski definition) is 5. The summed E-state index contributed by atoms with van der Waals surface area (Å²) >= 11 is 1.72. The van der Waals surface area contributed by atoms with Crippen LogP contribution in [0.4, 0.5) is 0 Å². The molecule has 0 aromatic carbocycles. The van der Waals surface area contributed by atoms with E-state index in [2.05, 4.69) is 24.5 Å². The van der Waals surface area contributed by atoms with Gasteiger partial charge in [0.25, 0.3) is 0 Å². The van der Waals surface area contributed by atoms with E-state index < -0.39 is 0 Å². The Balaban J connectivity index is 2.18. The van der Waals surface area contributed by atoms with Crippen molar-refractivity contribution in [3.8, 4) is 0 Å². The topological polar surface area (TPSA) is 43.4 Å². The second kappa shape index (κ2) is 6.79. The molecule has 1 atom stereocenters. The Morgan fingerprint density at radius 1 is 1.47 bits per heavy atom. The van der Waals surface area contributed by atoms with Gasteiger partial charge in [-0.3, -0.25) is 0 Å². The summed E-state index contributed by atoms with van der Waals surface area (Å²) in [5, 5.41) is 6.66. The molecule has 0 aliphatic carbocycles. The fourth-order valence-electron chi connectivity index (χ4n) is 2.50. The smallest absolute Gasteiger partial charge is 0.125 e. The first-order chi connectivity index (χ1) is 9.22. The molecule has 2 rings (SSSR count). The number of nitrogens with zero attached hydrogens (tertiary/aromatic N) is 1. The van der Waals surface area contributed by atoms with Gasteiger partial charge in [-0.2, -0.15) is 0 Å². The molecule has 0 bridgehead atoms. The molecule has 1 aromatic heterocycles. The Bertz CT molecular complexity index is 383. The molecule has 5 heteroatoms. The van der Waals surface area contributed by atoms with Crippen molar-refractivity contribution in [3.05, 3.63) is 16.1 Å². The van der Waals surface area contributed by atoms with Crippen molar-refractivity contribution in [2.24, 2.45) is 0 Å². The minimum atomic E-state index is -0.220. The van der Waals surface area contributed by atoms with Gasteiger partial charge in [0.1, 0.15) is 10.6 Å². The maximum atomic E-state index is 6.06. The summed E-state index contributed by atoms with van der Waals surface area (Å²) < 4.78 is 11.5. The van der Waals surface area contributed by atoms with Crippen LogP contribution in [0.5, 0.6) is 0 Å². The average molecular weight is 284 g/mol. The molecule has 0 saturated carbocycles. The molecule has 1 aromatic rings. The van der Waals surface area contributed by atoms with Crippen molar-refractivity contribution in [3.63, 3.8) is 0 Å². The Morgan fingerprint density at radius 3 is 2.84 bits per heavy atom. The van der Waals surface area contributed by atoms with Crippen LogP contribution >= 0.6 is 11.3 Å². The van der Waals surface area contributed by atoms with Crippen LogP contribution in [0.15, 0.2) is 5.38 Å². The van der Waals surface area contributed by atoms with Crippen LogP contribution < -0.4 is 5.32 Å². The lowest BCUT2D eigenvalue weighted by Gasteiger charge is -2.35. The number of rotatable bonds is 6. The summed E-state index contributed by atoms with van der Waals surface area (Å²) in [6, 6.07) is 0.300. The Morgan fingerprint density at radius 2 is 2.21 bits per heavy atom. The predicted octanol–water partition coefficient (Wildman–Crippen LogP) is 2.86. The van der Waals surface area contributed by atoms with Gasteiger partial charge in [0.15, 0.2) is 0 Å². The molecule has 1 aliphatic heterocycles. The zero-order chi connectivity index (χ0) is 13.7. The average Bonchev–Trinajstić information content (AvgIpc) is 2.91. The number of aromatic nitrogens is 1. The molecule has 1 saturated heterocycles. The molecule has 1 fully saturated rings. The van der Waals surface area contributed by atoms with E-state index in [1.807, 2.05) is 6.92 Å². The highest BCUT2D eigenvalue weighted by molar-refractivity contribution is 7.09. The van der Waals surface area contributed by atoms with Crippen LogP contribution in [0, 0.1) is 0 Å². The summed E-state index contributed by atoms with van der Waals surface area (Å²) in [7, 11) is 0. The largest absolute Gasteiger partial charge is 0.381 e.